The summed E-state index contributed by atoms with van der Waals surface area (Å²) in [6.07, 6.45) is 6.86. The van der Waals surface area contributed by atoms with E-state index in [1.54, 1.807) is 25.7 Å². The van der Waals surface area contributed by atoms with Gasteiger partial charge in [-0.15, -0.1) is 0 Å². The van der Waals surface area contributed by atoms with E-state index >= 15 is 0 Å². The smallest absolute Gasteiger partial charge is 0.250 e. The van der Waals surface area contributed by atoms with E-state index in [9.17, 15) is 4.79 Å². The fraction of sp³-hybridized carbons (Fsp3) is 0.154. The minimum Gasteiger partial charge on any atom is -0.404 e. The third kappa shape index (κ3) is 4.25. The number of carbonyl (C=O) groups is 1. The molecule has 0 aliphatic heterocycles. The number of rotatable bonds is 7. The average molecular weight is 454 g/mol. The normalized spacial score (nSPS) is 11.9. The van der Waals surface area contributed by atoms with Gasteiger partial charge in [-0.2, -0.15) is 0 Å². The lowest BCUT2D eigenvalue weighted by molar-refractivity contribution is 0.100. The van der Waals surface area contributed by atoms with Crippen molar-refractivity contribution < 1.29 is 4.79 Å². The van der Waals surface area contributed by atoms with Gasteiger partial charge in [-0.05, 0) is 38.1 Å². The lowest BCUT2D eigenvalue weighted by Gasteiger charge is -2.14. The molecule has 0 saturated carbocycles. The number of hydrogen-bond donors (Lipinski definition) is 3. The molecule has 0 fully saturated rings. The number of primary amides is 1. The minimum atomic E-state index is -0.471. The number of anilines is 1. The molecule has 0 atom stereocenters. The summed E-state index contributed by atoms with van der Waals surface area (Å²) in [5, 5.41) is 5.24. The SMILES string of the molecule is CCNc1cc(-c2nc(C)cc3c(-n4cnc(C(C=NC)=CN)c4)cccc23)ccc1C(N)=O. The number of aliphatic imine (C=N–C) groups is 1. The van der Waals surface area contributed by atoms with Gasteiger partial charge in [0.15, 0.2) is 0 Å². The van der Waals surface area contributed by atoms with E-state index in [1.807, 2.05) is 54.9 Å². The Bertz CT molecular complexity index is 1430. The number of imidazole rings is 1. The molecule has 0 aliphatic rings. The molecule has 34 heavy (non-hydrogen) atoms. The van der Waals surface area contributed by atoms with Gasteiger partial charge >= 0.3 is 0 Å². The summed E-state index contributed by atoms with van der Waals surface area (Å²) >= 11 is 0. The van der Waals surface area contributed by atoms with Gasteiger partial charge in [0.05, 0.1) is 29.0 Å². The monoisotopic (exact) mass is 453 g/mol. The van der Waals surface area contributed by atoms with Crippen LogP contribution in [0.2, 0.25) is 0 Å². The van der Waals surface area contributed by atoms with Crippen LogP contribution in [0.3, 0.4) is 0 Å². The molecule has 172 valence electrons. The van der Waals surface area contributed by atoms with Gasteiger partial charge in [0.1, 0.15) is 0 Å². The molecule has 0 radical (unpaired) electrons. The summed E-state index contributed by atoms with van der Waals surface area (Å²) in [6.45, 7) is 4.61. The van der Waals surface area contributed by atoms with Crippen molar-refractivity contribution in [2.45, 2.75) is 13.8 Å². The Labute approximate surface area is 198 Å². The predicted octanol–water partition coefficient (Wildman–Crippen LogP) is 3.93. The number of aromatic nitrogens is 3. The topological polar surface area (TPSA) is 124 Å². The number of amides is 1. The van der Waals surface area contributed by atoms with Crippen LogP contribution in [0.5, 0.6) is 0 Å². The second kappa shape index (κ2) is 9.58. The van der Waals surface area contributed by atoms with E-state index < -0.39 is 5.91 Å². The molecule has 1 amide bonds. The Morgan fingerprint density at radius 3 is 2.74 bits per heavy atom. The first kappa shape index (κ1) is 22.7. The zero-order valence-corrected chi connectivity index (χ0v) is 19.4. The highest BCUT2D eigenvalue weighted by atomic mass is 16.1. The third-order valence-corrected chi connectivity index (χ3v) is 5.51. The molecule has 2 aromatic heterocycles. The number of nitrogens with one attached hydrogen (secondary N) is 1. The van der Waals surface area contributed by atoms with Gasteiger partial charge in [-0.25, -0.2) is 4.98 Å². The number of pyridine rings is 1. The maximum absolute atomic E-state index is 11.9. The number of fused-ring (bicyclic) bond motifs is 1. The highest BCUT2D eigenvalue weighted by Crippen LogP contribution is 2.33. The number of nitrogens with zero attached hydrogens (tertiary/aromatic N) is 4. The quantitative estimate of drug-likeness (QED) is 0.366. The molecule has 0 unspecified atom stereocenters. The maximum Gasteiger partial charge on any atom is 0.250 e. The number of nitrogens with two attached hydrogens (primary N) is 2. The summed E-state index contributed by atoms with van der Waals surface area (Å²) < 4.78 is 1.97. The van der Waals surface area contributed by atoms with Crippen molar-refractivity contribution >= 4 is 34.2 Å². The van der Waals surface area contributed by atoms with Crippen LogP contribution >= 0.6 is 0 Å². The molecular formula is C26H27N7O. The Hall–Kier alpha value is -4.46. The molecule has 0 aliphatic carbocycles. The number of benzene rings is 2. The van der Waals surface area contributed by atoms with Gasteiger partial charge in [0.2, 0.25) is 0 Å². The molecule has 8 heteroatoms. The summed E-state index contributed by atoms with van der Waals surface area (Å²) in [5.41, 5.74) is 17.5. The van der Waals surface area contributed by atoms with Crippen LogP contribution in [0, 0.1) is 6.92 Å². The molecule has 0 spiro atoms. The highest BCUT2D eigenvalue weighted by Gasteiger charge is 2.15. The van der Waals surface area contributed by atoms with Crippen molar-refractivity contribution in [2.75, 3.05) is 18.9 Å². The van der Waals surface area contributed by atoms with E-state index in [0.717, 1.165) is 44.7 Å². The molecule has 0 bridgehead atoms. The molecule has 5 N–H and O–H groups in total. The summed E-state index contributed by atoms with van der Waals surface area (Å²) in [6, 6.07) is 13.7. The summed E-state index contributed by atoms with van der Waals surface area (Å²) in [4.78, 5) is 25.3. The molecule has 8 nitrogen and oxygen atoms in total. The first-order chi connectivity index (χ1) is 16.5. The molecular weight excluding hydrogens is 426 g/mol. The van der Waals surface area contributed by atoms with Crippen molar-refractivity contribution in [1.29, 1.82) is 0 Å². The number of aryl methyl sites for hydroxylation is 1. The largest absolute Gasteiger partial charge is 0.404 e. The van der Waals surface area contributed by atoms with Gasteiger partial charge in [0.25, 0.3) is 5.91 Å². The van der Waals surface area contributed by atoms with Crippen molar-refractivity contribution in [3.8, 4) is 16.9 Å². The van der Waals surface area contributed by atoms with Crippen LogP contribution in [-0.4, -0.2) is 40.2 Å². The Morgan fingerprint density at radius 1 is 1.21 bits per heavy atom. The Kier molecular flexibility index (Phi) is 6.40. The second-order valence-electron chi connectivity index (χ2n) is 7.81. The van der Waals surface area contributed by atoms with Crippen LogP contribution in [0.4, 0.5) is 5.69 Å². The van der Waals surface area contributed by atoms with Crippen LogP contribution in [0.15, 0.2) is 66.2 Å². The lowest BCUT2D eigenvalue weighted by Crippen LogP contribution is -2.14. The van der Waals surface area contributed by atoms with Gasteiger partial charge in [-0.1, -0.05) is 18.2 Å². The fourth-order valence-electron chi connectivity index (χ4n) is 4.01. The van der Waals surface area contributed by atoms with E-state index in [1.165, 1.54) is 6.20 Å². The van der Waals surface area contributed by atoms with Crippen molar-refractivity contribution in [3.63, 3.8) is 0 Å². The third-order valence-electron chi connectivity index (χ3n) is 5.51. The first-order valence-corrected chi connectivity index (χ1v) is 10.9. The van der Waals surface area contributed by atoms with E-state index in [4.69, 9.17) is 16.5 Å². The van der Waals surface area contributed by atoms with Crippen molar-refractivity contribution in [3.05, 3.63) is 78.1 Å². The Balaban J connectivity index is 1.89. The standard InChI is InChI=1S/C26H27N7O/c1-4-30-22-11-17(8-9-20(22)26(28)34)25-19-6-5-7-24(21(19)10-16(2)32-25)33-14-23(31-15-33)18(12-27)13-29-3/h5-15,30H,4,27H2,1-3H3,(H2,28,34). The van der Waals surface area contributed by atoms with Crippen LogP contribution in [-0.2, 0) is 0 Å². The van der Waals surface area contributed by atoms with Crippen molar-refractivity contribution in [1.82, 2.24) is 14.5 Å². The summed E-state index contributed by atoms with van der Waals surface area (Å²) in [7, 11) is 1.69. The predicted molar refractivity (Wildman–Crippen MR) is 138 cm³/mol. The van der Waals surface area contributed by atoms with Crippen LogP contribution in [0.1, 0.15) is 28.7 Å². The average Bonchev–Trinajstić information content (AvgIpc) is 3.31. The van der Waals surface area contributed by atoms with E-state index in [-0.39, 0.29) is 0 Å². The van der Waals surface area contributed by atoms with Gasteiger partial charge in [-0.3, -0.25) is 14.8 Å². The van der Waals surface area contributed by atoms with Crippen LogP contribution in [0.25, 0.3) is 33.3 Å². The highest BCUT2D eigenvalue weighted by molar-refractivity contribution is 6.08. The maximum atomic E-state index is 11.9. The number of allylic oxidation sites excluding steroid dienone is 1. The molecule has 2 heterocycles. The number of carbonyl (C=O) groups excluding carboxylic acids is 1. The van der Waals surface area contributed by atoms with E-state index in [0.29, 0.717) is 17.8 Å². The molecule has 0 saturated heterocycles. The van der Waals surface area contributed by atoms with E-state index in [2.05, 4.69) is 21.4 Å². The summed E-state index contributed by atoms with van der Waals surface area (Å²) in [5.74, 6) is -0.471. The zero-order chi connectivity index (χ0) is 24.2. The minimum absolute atomic E-state index is 0.452. The van der Waals surface area contributed by atoms with Gasteiger partial charge < -0.3 is 21.4 Å². The van der Waals surface area contributed by atoms with Crippen molar-refractivity contribution in [2.24, 2.45) is 16.5 Å². The number of hydrogen-bond acceptors (Lipinski definition) is 6. The first-order valence-electron chi connectivity index (χ1n) is 10.9. The molecule has 4 rings (SSSR count). The lowest BCUT2D eigenvalue weighted by atomic mass is 9.99. The second-order valence-corrected chi connectivity index (χ2v) is 7.81. The molecule has 2 aromatic carbocycles. The van der Waals surface area contributed by atoms with Gasteiger partial charge in [0, 0.05) is 65.5 Å². The fourth-order valence-corrected chi connectivity index (χ4v) is 4.01. The Morgan fingerprint density at radius 2 is 2.03 bits per heavy atom. The zero-order valence-electron chi connectivity index (χ0n) is 19.4. The van der Waals surface area contributed by atoms with Crippen LogP contribution < -0.4 is 16.8 Å². The molecule has 4 aromatic rings.